The van der Waals surface area contributed by atoms with E-state index in [-0.39, 0.29) is 17.9 Å². The van der Waals surface area contributed by atoms with Crippen LogP contribution in [-0.2, 0) is 32.6 Å². The van der Waals surface area contributed by atoms with Gasteiger partial charge in [-0.05, 0) is 69.9 Å². The molecule has 186 valence electrons. The largest absolute Gasteiger partial charge is 0.345 e. The Morgan fingerprint density at radius 1 is 1.12 bits per heavy atom. The lowest BCUT2D eigenvalue weighted by atomic mass is 10.1. The van der Waals surface area contributed by atoms with Crippen molar-refractivity contribution >= 4 is 32.7 Å². The topological polar surface area (TPSA) is 91.7 Å². The molecule has 2 aliphatic rings. The maximum atomic E-state index is 13.5. The Morgan fingerprint density at radius 3 is 2.56 bits per heavy atom. The first-order chi connectivity index (χ1) is 16.2. The van der Waals surface area contributed by atoms with Crippen LogP contribution in [0.2, 0.25) is 0 Å². The summed E-state index contributed by atoms with van der Waals surface area (Å²) < 4.78 is 27.8. The van der Waals surface area contributed by atoms with E-state index < -0.39 is 22.1 Å². The number of carbonyl (C=O) groups is 2. The van der Waals surface area contributed by atoms with Crippen LogP contribution in [0.1, 0.15) is 51.6 Å². The van der Waals surface area contributed by atoms with Crippen LogP contribution in [0.4, 0.5) is 0 Å². The van der Waals surface area contributed by atoms with E-state index >= 15 is 0 Å². The molecule has 2 saturated heterocycles. The van der Waals surface area contributed by atoms with E-state index in [9.17, 15) is 18.0 Å². The molecule has 0 aliphatic carbocycles. The predicted octanol–water partition coefficient (Wildman–Crippen LogP) is 2.51. The van der Waals surface area contributed by atoms with Gasteiger partial charge in [-0.25, -0.2) is 13.1 Å². The van der Waals surface area contributed by atoms with Crippen molar-refractivity contribution in [3.05, 3.63) is 36.0 Å². The quantitative estimate of drug-likeness (QED) is 0.618. The molecule has 2 fully saturated rings. The molecule has 0 radical (unpaired) electrons. The molecule has 0 spiro atoms. The molecule has 1 aromatic carbocycles. The van der Waals surface area contributed by atoms with Gasteiger partial charge in [0, 0.05) is 36.9 Å². The second-order valence-corrected chi connectivity index (χ2v) is 11.4. The van der Waals surface area contributed by atoms with Gasteiger partial charge in [-0.15, -0.1) is 0 Å². The molecule has 0 bridgehead atoms. The lowest BCUT2D eigenvalue weighted by Gasteiger charge is -2.32. The third-order valence-corrected chi connectivity index (χ3v) is 7.97. The number of hydrogen-bond acceptors (Lipinski definition) is 4. The second kappa shape index (κ2) is 10.1. The van der Waals surface area contributed by atoms with E-state index in [1.54, 1.807) is 4.90 Å². The Kier molecular flexibility index (Phi) is 7.33. The number of aryl methyl sites for hydroxylation is 2. The molecule has 9 heteroatoms. The van der Waals surface area contributed by atoms with Crippen LogP contribution in [0.3, 0.4) is 0 Å². The molecule has 0 unspecified atom stereocenters. The van der Waals surface area contributed by atoms with Gasteiger partial charge in [-0.2, -0.15) is 0 Å². The van der Waals surface area contributed by atoms with Crippen LogP contribution in [0.25, 0.3) is 10.9 Å². The summed E-state index contributed by atoms with van der Waals surface area (Å²) in [7, 11) is -3.50. The molecule has 1 N–H and O–H groups in total. The highest BCUT2D eigenvalue weighted by Gasteiger charge is 2.41. The second-order valence-electron chi connectivity index (χ2n) is 9.61. The summed E-state index contributed by atoms with van der Waals surface area (Å²) in [6.45, 7) is 5.81. The van der Waals surface area contributed by atoms with Crippen LogP contribution in [-0.4, -0.2) is 72.1 Å². The van der Waals surface area contributed by atoms with Crippen molar-refractivity contribution in [3.63, 3.8) is 0 Å². The number of hydrogen-bond donors (Lipinski definition) is 1. The van der Waals surface area contributed by atoms with Crippen molar-refractivity contribution in [2.24, 2.45) is 0 Å². The van der Waals surface area contributed by atoms with Gasteiger partial charge in [0.25, 0.3) is 0 Å². The molecule has 2 amide bonds. The molecule has 4 rings (SSSR count). The highest BCUT2D eigenvalue weighted by atomic mass is 32.2. The lowest BCUT2D eigenvalue weighted by molar-refractivity contribution is -0.145. The third-order valence-electron chi connectivity index (χ3n) is 7.19. The van der Waals surface area contributed by atoms with Crippen LogP contribution < -0.4 is 4.72 Å². The standard InChI is InChI=1S/C25H36N4O4S/c1-4-27-21(17-19-9-5-6-11-22(19)27)14-13-20-10-7-15-28(20)25(31)23-12-8-16-29(23)24(30)18(2)26-34(3,32)33/h5-6,9,11,17-18,20,23,26H,4,7-8,10,12-16H2,1-3H3/t18-,20-,23+/m0/s1. The molecular weight excluding hydrogens is 452 g/mol. The van der Waals surface area contributed by atoms with E-state index in [4.69, 9.17) is 0 Å². The molecule has 34 heavy (non-hydrogen) atoms. The van der Waals surface area contributed by atoms with E-state index in [0.717, 1.165) is 51.4 Å². The Labute approximate surface area is 202 Å². The zero-order chi connectivity index (χ0) is 24.5. The number of fused-ring (bicyclic) bond motifs is 1. The van der Waals surface area contributed by atoms with Crippen molar-refractivity contribution in [2.75, 3.05) is 19.3 Å². The van der Waals surface area contributed by atoms with Crippen molar-refractivity contribution in [1.29, 1.82) is 0 Å². The Bertz CT molecular complexity index is 1160. The Hall–Kier alpha value is -2.39. The number of amides is 2. The van der Waals surface area contributed by atoms with Crippen molar-refractivity contribution in [2.45, 2.75) is 77.0 Å². The summed E-state index contributed by atoms with van der Waals surface area (Å²) in [6.07, 6.45) is 6.17. The van der Waals surface area contributed by atoms with Gasteiger partial charge in [-0.3, -0.25) is 9.59 Å². The van der Waals surface area contributed by atoms with E-state index in [1.165, 1.54) is 23.5 Å². The molecule has 3 heterocycles. The summed E-state index contributed by atoms with van der Waals surface area (Å²) in [5.41, 5.74) is 2.54. The normalized spacial score (nSPS) is 22.0. The van der Waals surface area contributed by atoms with E-state index in [2.05, 4.69) is 46.5 Å². The first-order valence-corrected chi connectivity index (χ1v) is 14.2. The number of benzene rings is 1. The van der Waals surface area contributed by atoms with E-state index in [1.807, 2.05) is 4.90 Å². The maximum Gasteiger partial charge on any atom is 0.245 e. The zero-order valence-electron chi connectivity index (χ0n) is 20.4. The van der Waals surface area contributed by atoms with Gasteiger partial charge in [0.15, 0.2) is 0 Å². The minimum Gasteiger partial charge on any atom is -0.345 e. The summed E-state index contributed by atoms with van der Waals surface area (Å²) in [5.74, 6) is -0.319. The fourth-order valence-corrected chi connectivity index (χ4v) is 6.43. The van der Waals surface area contributed by atoms with Crippen molar-refractivity contribution in [3.8, 4) is 0 Å². The average Bonchev–Trinajstić information content (AvgIpc) is 3.53. The van der Waals surface area contributed by atoms with Crippen molar-refractivity contribution < 1.29 is 18.0 Å². The molecule has 8 nitrogen and oxygen atoms in total. The van der Waals surface area contributed by atoms with Gasteiger partial charge in [0.2, 0.25) is 21.8 Å². The SMILES string of the molecule is CCn1c(CC[C@@H]2CCCN2C(=O)[C@H]2CCCN2C(=O)[C@H](C)NS(C)(=O)=O)cc2ccccc21. The summed E-state index contributed by atoms with van der Waals surface area (Å²) in [4.78, 5) is 30.0. The van der Waals surface area contributed by atoms with Gasteiger partial charge in [0.05, 0.1) is 12.3 Å². The average molecular weight is 489 g/mol. The first-order valence-electron chi connectivity index (χ1n) is 12.3. The van der Waals surface area contributed by atoms with Crippen LogP contribution in [0.5, 0.6) is 0 Å². The highest BCUT2D eigenvalue weighted by molar-refractivity contribution is 7.88. The van der Waals surface area contributed by atoms with Gasteiger partial charge >= 0.3 is 0 Å². The van der Waals surface area contributed by atoms with Crippen LogP contribution in [0, 0.1) is 0 Å². The molecule has 1 aromatic heterocycles. The smallest absolute Gasteiger partial charge is 0.245 e. The number of likely N-dealkylation sites (tertiary alicyclic amines) is 2. The minimum absolute atomic E-state index is 0.0101. The number of para-hydroxylation sites is 1. The number of rotatable bonds is 8. The van der Waals surface area contributed by atoms with Crippen LogP contribution >= 0.6 is 0 Å². The molecular formula is C25H36N4O4S. The first kappa shape index (κ1) is 24.7. The molecule has 0 saturated carbocycles. The molecule has 3 atom stereocenters. The number of nitrogens with zero attached hydrogens (tertiary/aromatic N) is 3. The fraction of sp³-hybridized carbons (Fsp3) is 0.600. The van der Waals surface area contributed by atoms with Crippen molar-refractivity contribution in [1.82, 2.24) is 19.1 Å². The van der Waals surface area contributed by atoms with Gasteiger partial charge in [0.1, 0.15) is 6.04 Å². The van der Waals surface area contributed by atoms with Crippen LogP contribution in [0.15, 0.2) is 30.3 Å². The third kappa shape index (κ3) is 5.15. The lowest BCUT2D eigenvalue weighted by Crippen LogP contribution is -2.53. The zero-order valence-corrected chi connectivity index (χ0v) is 21.2. The van der Waals surface area contributed by atoms with Gasteiger partial charge < -0.3 is 14.4 Å². The molecule has 2 aromatic rings. The fourth-order valence-electron chi connectivity index (χ4n) is 5.69. The Balaban J connectivity index is 1.43. The molecule has 2 aliphatic heterocycles. The number of carbonyl (C=O) groups excluding carboxylic acids is 2. The van der Waals surface area contributed by atoms with Gasteiger partial charge in [-0.1, -0.05) is 18.2 Å². The maximum absolute atomic E-state index is 13.5. The summed E-state index contributed by atoms with van der Waals surface area (Å²) in [5, 5.41) is 1.25. The summed E-state index contributed by atoms with van der Waals surface area (Å²) >= 11 is 0. The number of sulfonamides is 1. The monoisotopic (exact) mass is 488 g/mol. The minimum atomic E-state index is -3.50. The number of nitrogens with one attached hydrogen (secondary N) is 1. The van der Waals surface area contributed by atoms with E-state index in [0.29, 0.717) is 13.0 Å². The number of aromatic nitrogens is 1. The summed E-state index contributed by atoms with van der Waals surface area (Å²) in [6, 6.07) is 9.46. The predicted molar refractivity (Wildman–Crippen MR) is 133 cm³/mol. The highest BCUT2D eigenvalue weighted by Crippen LogP contribution is 2.28. The Morgan fingerprint density at radius 2 is 1.82 bits per heavy atom.